The summed E-state index contributed by atoms with van der Waals surface area (Å²) in [5, 5.41) is 4.40. The fraction of sp³-hybridized carbons (Fsp3) is 0.455. The lowest BCUT2D eigenvalue weighted by Crippen LogP contribution is -2.26. The standard InChI is InChI=1S/C11H14Cl2N2O/c1-6-10(2-3-16-6)15-11-8(12)4-7(14)5-9(11)13/h4-6,10,15H,2-3,14H2,1H3. The maximum absolute atomic E-state index is 6.09. The predicted molar refractivity (Wildman–Crippen MR) is 68.3 cm³/mol. The molecule has 0 amide bonds. The first-order chi connectivity index (χ1) is 7.58. The molecule has 1 saturated heterocycles. The molecular weight excluding hydrogens is 247 g/mol. The second-order valence-electron chi connectivity index (χ2n) is 3.97. The van der Waals surface area contributed by atoms with Crippen molar-refractivity contribution in [3.8, 4) is 0 Å². The van der Waals surface area contributed by atoms with Crippen molar-refractivity contribution in [2.45, 2.75) is 25.5 Å². The van der Waals surface area contributed by atoms with Gasteiger partial charge in [0.15, 0.2) is 0 Å². The molecule has 0 aromatic heterocycles. The number of hydrogen-bond acceptors (Lipinski definition) is 3. The SMILES string of the molecule is CC1OCCC1Nc1c(Cl)cc(N)cc1Cl. The van der Waals surface area contributed by atoms with Crippen molar-refractivity contribution in [2.24, 2.45) is 0 Å². The van der Waals surface area contributed by atoms with Gasteiger partial charge in [0.25, 0.3) is 0 Å². The van der Waals surface area contributed by atoms with Gasteiger partial charge in [-0.2, -0.15) is 0 Å². The molecule has 1 aliphatic heterocycles. The Morgan fingerprint density at radius 2 is 2.00 bits per heavy atom. The van der Waals surface area contributed by atoms with Crippen LogP contribution >= 0.6 is 23.2 Å². The number of halogens is 2. The lowest BCUT2D eigenvalue weighted by molar-refractivity contribution is 0.121. The van der Waals surface area contributed by atoms with Crippen LogP contribution in [-0.2, 0) is 4.74 Å². The van der Waals surface area contributed by atoms with E-state index in [0.29, 0.717) is 15.7 Å². The third-order valence-corrected chi connectivity index (χ3v) is 3.37. The molecule has 1 aliphatic rings. The molecular formula is C11H14Cl2N2O. The zero-order valence-corrected chi connectivity index (χ0v) is 10.5. The lowest BCUT2D eigenvalue weighted by atomic mass is 10.1. The molecule has 1 aromatic rings. The molecule has 2 atom stereocenters. The number of hydrogen-bond donors (Lipinski definition) is 2. The normalized spacial score (nSPS) is 24.7. The van der Waals surface area contributed by atoms with E-state index in [1.54, 1.807) is 12.1 Å². The molecule has 3 nitrogen and oxygen atoms in total. The third kappa shape index (κ3) is 2.37. The highest BCUT2D eigenvalue weighted by Gasteiger charge is 2.25. The molecule has 2 rings (SSSR count). The Labute approximate surface area is 105 Å². The van der Waals surface area contributed by atoms with Gasteiger partial charge in [0.05, 0.1) is 27.9 Å². The van der Waals surface area contributed by atoms with Crippen LogP contribution in [0.15, 0.2) is 12.1 Å². The maximum atomic E-state index is 6.09. The number of ether oxygens (including phenoxy) is 1. The first-order valence-electron chi connectivity index (χ1n) is 5.20. The van der Waals surface area contributed by atoms with Gasteiger partial charge in [0.2, 0.25) is 0 Å². The second-order valence-corrected chi connectivity index (χ2v) is 4.79. The van der Waals surface area contributed by atoms with Crippen LogP contribution < -0.4 is 11.1 Å². The summed E-state index contributed by atoms with van der Waals surface area (Å²) < 4.78 is 5.47. The van der Waals surface area contributed by atoms with E-state index >= 15 is 0 Å². The van der Waals surface area contributed by atoms with Crippen molar-refractivity contribution < 1.29 is 4.74 Å². The van der Waals surface area contributed by atoms with Crippen molar-refractivity contribution in [3.05, 3.63) is 22.2 Å². The van der Waals surface area contributed by atoms with E-state index in [9.17, 15) is 0 Å². The summed E-state index contributed by atoms with van der Waals surface area (Å²) in [6, 6.07) is 3.63. The van der Waals surface area contributed by atoms with Crippen LogP contribution in [0, 0.1) is 0 Å². The molecule has 1 fully saturated rings. The van der Waals surface area contributed by atoms with E-state index in [0.717, 1.165) is 18.7 Å². The van der Waals surface area contributed by atoms with Gasteiger partial charge < -0.3 is 15.8 Å². The van der Waals surface area contributed by atoms with E-state index in [1.165, 1.54) is 0 Å². The number of benzene rings is 1. The smallest absolute Gasteiger partial charge is 0.0748 e. The lowest BCUT2D eigenvalue weighted by Gasteiger charge is -2.19. The average Bonchev–Trinajstić information content (AvgIpc) is 2.57. The van der Waals surface area contributed by atoms with Gasteiger partial charge >= 0.3 is 0 Å². The van der Waals surface area contributed by atoms with Crippen LogP contribution in [0.25, 0.3) is 0 Å². The van der Waals surface area contributed by atoms with Crippen molar-refractivity contribution >= 4 is 34.6 Å². The average molecular weight is 261 g/mol. The fourth-order valence-electron chi connectivity index (χ4n) is 1.84. The molecule has 88 valence electrons. The topological polar surface area (TPSA) is 47.3 Å². The van der Waals surface area contributed by atoms with Crippen LogP contribution in [0.1, 0.15) is 13.3 Å². The van der Waals surface area contributed by atoms with E-state index in [1.807, 2.05) is 6.92 Å². The van der Waals surface area contributed by atoms with Crippen molar-refractivity contribution in [2.75, 3.05) is 17.7 Å². The van der Waals surface area contributed by atoms with Crippen LogP contribution in [0.4, 0.5) is 11.4 Å². The van der Waals surface area contributed by atoms with Crippen molar-refractivity contribution in [1.29, 1.82) is 0 Å². The highest BCUT2D eigenvalue weighted by Crippen LogP contribution is 2.34. The summed E-state index contributed by atoms with van der Waals surface area (Å²) in [5.74, 6) is 0. The molecule has 1 heterocycles. The Hall–Kier alpha value is -0.640. The highest BCUT2D eigenvalue weighted by atomic mass is 35.5. The zero-order valence-electron chi connectivity index (χ0n) is 8.97. The van der Waals surface area contributed by atoms with Crippen molar-refractivity contribution in [3.63, 3.8) is 0 Å². The van der Waals surface area contributed by atoms with Crippen LogP contribution in [0.5, 0.6) is 0 Å². The molecule has 2 unspecified atom stereocenters. The fourth-order valence-corrected chi connectivity index (χ4v) is 2.45. The van der Waals surface area contributed by atoms with E-state index in [-0.39, 0.29) is 12.1 Å². The summed E-state index contributed by atoms with van der Waals surface area (Å²) in [4.78, 5) is 0. The zero-order chi connectivity index (χ0) is 11.7. The largest absolute Gasteiger partial charge is 0.399 e. The van der Waals surface area contributed by atoms with Gasteiger partial charge in [-0.3, -0.25) is 0 Å². The summed E-state index contributed by atoms with van der Waals surface area (Å²) in [6.07, 6.45) is 1.13. The number of anilines is 2. The van der Waals surface area contributed by atoms with Gasteiger partial charge in [-0.1, -0.05) is 23.2 Å². The monoisotopic (exact) mass is 260 g/mol. The van der Waals surface area contributed by atoms with Gasteiger partial charge in [0.1, 0.15) is 0 Å². The molecule has 16 heavy (non-hydrogen) atoms. The number of rotatable bonds is 2. The summed E-state index contributed by atoms with van der Waals surface area (Å²) in [7, 11) is 0. The Morgan fingerprint density at radius 3 is 2.50 bits per heavy atom. The molecule has 1 aromatic carbocycles. The molecule has 0 bridgehead atoms. The molecule has 0 saturated carbocycles. The van der Waals surface area contributed by atoms with Crippen molar-refractivity contribution in [1.82, 2.24) is 0 Å². The number of nitrogens with two attached hydrogens (primary N) is 1. The first-order valence-corrected chi connectivity index (χ1v) is 5.96. The Kier molecular flexibility index (Phi) is 3.47. The molecule has 0 aliphatic carbocycles. The second kappa shape index (κ2) is 4.70. The van der Waals surface area contributed by atoms with Gasteiger partial charge in [-0.15, -0.1) is 0 Å². The summed E-state index contributed by atoms with van der Waals surface area (Å²) in [5.41, 5.74) is 6.94. The Morgan fingerprint density at radius 1 is 1.38 bits per heavy atom. The highest BCUT2D eigenvalue weighted by molar-refractivity contribution is 6.39. The number of nitrogen functional groups attached to an aromatic ring is 1. The van der Waals surface area contributed by atoms with E-state index in [2.05, 4.69) is 5.32 Å². The predicted octanol–water partition coefficient (Wildman–Crippen LogP) is 3.16. The minimum absolute atomic E-state index is 0.171. The molecule has 3 N–H and O–H groups in total. The molecule has 0 radical (unpaired) electrons. The van der Waals surface area contributed by atoms with Gasteiger partial charge in [-0.05, 0) is 25.5 Å². The quantitative estimate of drug-likeness (QED) is 0.804. The van der Waals surface area contributed by atoms with Crippen LogP contribution in [0.3, 0.4) is 0 Å². The first kappa shape index (κ1) is 11.8. The van der Waals surface area contributed by atoms with Gasteiger partial charge in [-0.25, -0.2) is 0 Å². The third-order valence-electron chi connectivity index (χ3n) is 2.77. The van der Waals surface area contributed by atoms with E-state index < -0.39 is 0 Å². The van der Waals surface area contributed by atoms with Crippen LogP contribution in [-0.4, -0.2) is 18.8 Å². The van der Waals surface area contributed by atoms with Crippen LogP contribution in [0.2, 0.25) is 10.0 Å². The Balaban J connectivity index is 2.21. The molecule has 5 heteroatoms. The number of nitrogens with one attached hydrogen (secondary N) is 1. The van der Waals surface area contributed by atoms with E-state index in [4.69, 9.17) is 33.7 Å². The summed E-state index contributed by atoms with van der Waals surface area (Å²) in [6.45, 7) is 2.80. The molecule has 0 spiro atoms. The maximum Gasteiger partial charge on any atom is 0.0748 e. The van der Waals surface area contributed by atoms with Gasteiger partial charge in [0, 0.05) is 12.3 Å². The minimum Gasteiger partial charge on any atom is -0.399 e. The summed E-state index contributed by atoms with van der Waals surface area (Å²) >= 11 is 12.2. The minimum atomic E-state index is 0.171. The Bertz CT molecular complexity index is 375.